The first-order chi connectivity index (χ1) is 8.20. The lowest BCUT2D eigenvalue weighted by Gasteiger charge is -2.18. The van der Waals surface area contributed by atoms with Gasteiger partial charge in [0.15, 0.2) is 0 Å². The summed E-state index contributed by atoms with van der Waals surface area (Å²) in [6.45, 7) is 0.942. The maximum atomic E-state index is 13.5. The maximum Gasteiger partial charge on any atom is 0.130 e. The molecule has 1 aliphatic rings. The highest BCUT2D eigenvalue weighted by Crippen LogP contribution is 2.28. The van der Waals surface area contributed by atoms with Crippen LogP contribution >= 0.6 is 11.6 Å². The predicted molar refractivity (Wildman–Crippen MR) is 66.4 cm³/mol. The summed E-state index contributed by atoms with van der Waals surface area (Å²) in [5, 5.41) is 0.409. The van der Waals surface area contributed by atoms with Gasteiger partial charge in [0, 0.05) is 10.6 Å². The summed E-state index contributed by atoms with van der Waals surface area (Å²) in [5.74, 6) is 0.116. The molecule has 2 unspecified atom stereocenters. The SMILES string of the molecule is NCC1CCCC1OCc1ccc(Cl)cc1F. The fourth-order valence-corrected chi connectivity index (χ4v) is 2.49. The van der Waals surface area contributed by atoms with Crippen LogP contribution in [0.5, 0.6) is 0 Å². The Morgan fingerprint density at radius 3 is 2.94 bits per heavy atom. The molecular formula is C13H17ClFNO. The summed E-state index contributed by atoms with van der Waals surface area (Å²) in [7, 11) is 0. The molecule has 0 spiro atoms. The average molecular weight is 258 g/mol. The Bertz CT molecular complexity index is 386. The lowest BCUT2D eigenvalue weighted by molar-refractivity contribution is 0.0169. The number of hydrogen-bond acceptors (Lipinski definition) is 2. The van der Waals surface area contributed by atoms with Gasteiger partial charge in [-0.3, -0.25) is 0 Å². The lowest BCUT2D eigenvalue weighted by Crippen LogP contribution is -2.25. The zero-order valence-corrected chi connectivity index (χ0v) is 10.4. The van der Waals surface area contributed by atoms with E-state index in [9.17, 15) is 4.39 Å². The third kappa shape index (κ3) is 3.18. The molecule has 0 radical (unpaired) electrons. The highest BCUT2D eigenvalue weighted by Gasteiger charge is 2.26. The van der Waals surface area contributed by atoms with Gasteiger partial charge in [0.05, 0.1) is 12.7 Å². The van der Waals surface area contributed by atoms with Crippen LogP contribution in [0.3, 0.4) is 0 Å². The van der Waals surface area contributed by atoms with Gasteiger partial charge in [-0.25, -0.2) is 4.39 Å². The van der Waals surface area contributed by atoms with Crippen molar-refractivity contribution in [3.8, 4) is 0 Å². The zero-order chi connectivity index (χ0) is 12.3. The molecule has 0 bridgehead atoms. The van der Waals surface area contributed by atoms with E-state index in [1.807, 2.05) is 0 Å². The van der Waals surface area contributed by atoms with E-state index in [1.54, 1.807) is 12.1 Å². The summed E-state index contributed by atoms with van der Waals surface area (Å²) in [6.07, 6.45) is 3.46. The molecule has 1 saturated carbocycles. The van der Waals surface area contributed by atoms with E-state index < -0.39 is 0 Å². The molecule has 0 aliphatic heterocycles. The second-order valence-electron chi connectivity index (χ2n) is 4.51. The third-order valence-electron chi connectivity index (χ3n) is 3.36. The molecule has 17 heavy (non-hydrogen) atoms. The normalized spacial score (nSPS) is 24.2. The molecule has 2 rings (SSSR count). The summed E-state index contributed by atoms with van der Waals surface area (Å²) >= 11 is 5.69. The second-order valence-corrected chi connectivity index (χ2v) is 4.95. The van der Waals surface area contributed by atoms with Gasteiger partial charge < -0.3 is 10.5 Å². The standard InChI is InChI=1S/C13H17ClFNO/c14-11-5-4-10(12(15)6-11)8-17-13-3-1-2-9(13)7-16/h4-6,9,13H,1-3,7-8,16H2. The first kappa shape index (κ1) is 12.8. The molecule has 0 heterocycles. The maximum absolute atomic E-state index is 13.5. The van der Waals surface area contributed by atoms with Gasteiger partial charge in [0.2, 0.25) is 0 Å². The number of rotatable bonds is 4. The van der Waals surface area contributed by atoms with E-state index >= 15 is 0 Å². The van der Waals surface area contributed by atoms with E-state index in [1.165, 1.54) is 6.07 Å². The van der Waals surface area contributed by atoms with E-state index in [2.05, 4.69) is 0 Å². The van der Waals surface area contributed by atoms with Crippen LogP contribution in [0.15, 0.2) is 18.2 Å². The van der Waals surface area contributed by atoms with Crippen molar-refractivity contribution < 1.29 is 9.13 Å². The first-order valence-corrected chi connectivity index (χ1v) is 6.34. The van der Waals surface area contributed by atoms with Gasteiger partial charge in [-0.2, -0.15) is 0 Å². The fraction of sp³-hybridized carbons (Fsp3) is 0.538. The van der Waals surface area contributed by atoms with E-state index in [-0.39, 0.29) is 11.9 Å². The molecule has 2 atom stereocenters. The largest absolute Gasteiger partial charge is 0.373 e. The summed E-state index contributed by atoms with van der Waals surface area (Å²) in [6, 6.07) is 4.66. The molecular weight excluding hydrogens is 241 g/mol. The quantitative estimate of drug-likeness (QED) is 0.900. The van der Waals surface area contributed by atoms with Crippen molar-refractivity contribution in [3.63, 3.8) is 0 Å². The number of halogens is 2. The highest BCUT2D eigenvalue weighted by molar-refractivity contribution is 6.30. The molecule has 94 valence electrons. The third-order valence-corrected chi connectivity index (χ3v) is 3.60. The smallest absolute Gasteiger partial charge is 0.130 e. The number of hydrogen-bond donors (Lipinski definition) is 1. The second kappa shape index (κ2) is 5.80. The number of nitrogens with two attached hydrogens (primary N) is 1. The van der Waals surface area contributed by atoms with Gasteiger partial charge in [-0.15, -0.1) is 0 Å². The first-order valence-electron chi connectivity index (χ1n) is 5.96. The Labute approximate surface area is 106 Å². The Balaban J connectivity index is 1.93. The van der Waals surface area contributed by atoms with Gasteiger partial charge in [-0.05, 0) is 37.4 Å². The monoisotopic (exact) mass is 257 g/mol. The summed E-state index contributed by atoms with van der Waals surface area (Å²) in [4.78, 5) is 0. The Morgan fingerprint density at radius 1 is 1.41 bits per heavy atom. The molecule has 1 aromatic rings. The molecule has 0 amide bonds. The molecule has 1 aromatic carbocycles. The summed E-state index contributed by atoms with van der Waals surface area (Å²) in [5.41, 5.74) is 6.22. The van der Waals surface area contributed by atoms with Crippen molar-refractivity contribution in [1.29, 1.82) is 0 Å². The molecule has 1 aliphatic carbocycles. The topological polar surface area (TPSA) is 35.2 Å². The average Bonchev–Trinajstić information content (AvgIpc) is 2.75. The van der Waals surface area contributed by atoms with Crippen molar-refractivity contribution in [3.05, 3.63) is 34.6 Å². The number of benzene rings is 1. The van der Waals surface area contributed by atoms with Crippen molar-refractivity contribution in [2.75, 3.05) is 6.54 Å². The number of ether oxygens (including phenoxy) is 1. The minimum absolute atomic E-state index is 0.176. The van der Waals surface area contributed by atoms with Crippen LogP contribution in [0.4, 0.5) is 4.39 Å². The van der Waals surface area contributed by atoms with Crippen LogP contribution in [0.25, 0.3) is 0 Å². The van der Waals surface area contributed by atoms with Crippen LogP contribution in [0.2, 0.25) is 5.02 Å². The molecule has 1 fully saturated rings. The lowest BCUT2D eigenvalue weighted by atomic mass is 10.1. The van der Waals surface area contributed by atoms with E-state index in [0.717, 1.165) is 19.3 Å². The molecule has 0 aromatic heterocycles. The molecule has 2 N–H and O–H groups in total. The Kier molecular flexibility index (Phi) is 4.37. The van der Waals surface area contributed by atoms with Crippen LogP contribution in [0.1, 0.15) is 24.8 Å². The summed E-state index contributed by atoms with van der Waals surface area (Å²) < 4.78 is 19.3. The van der Waals surface area contributed by atoms with Crippen molar-refractivity contribution in [1.82, 2.24) is 0 Å². The Hall–Kier alpha value is -0.640. The van der Waals surface area contributed by atoms with Gasteiger partial charge in [0.1, 0.15) is 5.82 Å². The van der Waals surface area contributed by atoms with Crippen LogP contribution in [0, 0.1) is 11.7 Å². The van der Waals surface area contributed by atoms with Crippen molar-refractivity contribution in [2.24, 2.45) is 11.7 Å². The Morgan fingerprint density at radius 2 is 2.24 bits per heavy atom. The minimum Gasteiger partial charge on any atom is -0.373 e. The van der Waals surface area contributed by atoms with Crippen molar-refractivity contribution >= 4 is 11.6 Å². The van der Waals surface area contributed by atoms with E-state index in [0.29, 0.717) is 29.7 Å². The molecule has 0 saturated heterocycles. The van der Waals surface area contributed by atoms with E-state index in [4.69, 9.17) is 22.1 Å². The predicted octanol–water partition coefficient (Wildman–Crippen LogP) is 3.12. The van der Waals surface area contributed by atoms with Crippen LogP contribution < -0.4 is 5.73 Å². The minimum atomic E-state index is -0.306. The molecule has 2 nitrogen and oxygen atoms in total. The molecule has 4 heteroatoms. The van der Waals surface area contributed by atoms with Crippen LogP contribution in [-0.4, -0.2) is 12.6 Å². The van der Waals surface area contributed by atoms with Gasteiger partial charge >= 0.3 is 0 Å². The fourth-order valence-electron chi connectivity index (χ4n) is 2.33. The van der Waals surface area contributed by atoms with Crippen LogP contribution in [-0.2, 0) is 11.3 Å². The van der Waals surface area contributed by atoms with Gasteiger partial charge in [-0.1, -0.05) is 24.1 Å². The zero-order valence-electron chi connectivity index (χ0n) is 9.66. The van der Waals surface area contributed by atoms with Gasteiger partial charge in [0.25, 0.3) is 0 Å². The van der Waals surface area contributed by atoms with Crippen molar-refractivity contribution in [2.45, 2.75) is 32.0 Å². The highest BCUT2D eigenvalue weighted by atomic mass is 35.5.